The number of amides is 1. The Morgan fingerprint density at radius 1 is 1.36 bits per heavy atom. The van der Waals surface area contributed by atoms with E-state index in [0.717, 1.165) is 10.6 Å². The number of carbonyl (C=O) groups excluding carboxylic acids is 1. The first-order valence-electron chi connectivity index (χ1n) is 7.89. The topological polar surface area (TPSA) is 47.6 Å². The van der Waals surface area contributed by atoms with Crippen molar-refractivity contribution in [3.63, 3.8) is 0 Å². The van der Waals surface area contributed by atoms with Crippen molar-refractivity contribution in [3.05, 3.63) is 34.9 Å². The molecule has 1 saturated carbocycles. The van der Waals surface area contributed by atoms with Gasteiger partial charge >= 0.3 is 6.09 Å². The molecular weight excluding hydrogens is 302 g/mol. The van der Waals surface area contributed by atoms with E-state index in [9.17, 15) is 4.79 Å². The molecule has 1 aliphatic rings. The number of carbonyl (C=O) groups is 1. The second-order valence-electron chi connectivity index (χ2n) is 5.66. The van der Waals surface area contributed by atoms with Gasteiger partial charge in [-0.1, -0.05) is 43.0 Å². The summed E-state index contributed by atoms with van der Waals surface area (Å²) in [6, 6.07) is 7.89. The third-order valence-electron chi connectivity index (χ3n) is 4.11. The Balaban J connectivity index is 1.97. The average molecular weight is 326 g/mol. The normalized spacial score (nSPS) is 17.0. The van der Waals surface area contributed by atoms with E-state index in [2.05, 4.69) is 16.1 Å². The third-order valence-corrected chi connectivity index (χ3v) is 4.34. The van der Waals surface area contributed by atoms with Gasteiger partial charge < -0.3 is 14.8 Å². The van der Waals surface area contributed by atoms with Crippen LogP contribution in [0.25, 0.3) is 0 Å². The third kappa shape index (κ3) is 5.18. The summed E-state index contributed by atoms with van der Waals surface area (Å²) >= 11 is 6.12. The van der Waals surface area contributed by atoms with Crippen molar-refractivity contribution < 1.29 is 14.3 Å². The van der Waals surface area contributed by atoms with Gasteiger partial charge in [-0.05, 0) is 36.5 Å². The maximum atomic E-state index is 11.1. The molecule has 122 valence electrons. The highest BCUT2D eigenvalue weighted by Crippen LogP contribution is 2.37. The van der Waals surface area contributed by atoms with E-state index in [-0.39, 0.29) is 6.10 Å². The van der Waals surface area contributed by atoms with Gasteiger partial charge in [0.15, 0.2) is 0 Å². The highest BCUT2D eigenvalue weighted by atomic mass is 35.5. The summed E-state index contributed by atoms with van der Waals surface area (Å²) in [6.45, 7) is 0.902. The van der Waals surface area contributed by atoms with Crippen molar-refractivity contribution >= 4 is 17.7 Å². The Morgan fingerprint density at radius 2 is 2.14 bits per heavy atom. The van der Waals surface area contributed by atoms with Crippen LogP contribution in [0.4, 0.5) is 4.79 Å². The number of benzene rings is 1. The highest BCUT2D eigenvalue weighted by Gasteiger charge is 2.26. The van der Waals surface area contributed by atoms with E-state index in [1.54, 1.807) is 0 Å². The average Bonchev–Trinajstić information content (AvgIpc) is 2.55. The fraction of sp³-hybridized carbons (Fsp3) is 0.588. The zero-order valence-corrected chi connectivity index (χ0v) is 13.8. The zero-order chi connectivity index (χ0) is 15.8. The molecular formula is C17H24ClNO3. The fourth-order valence-electron chi connectivity index (χ4n) is 3.04. The lowest BCUT2D eigenvalue weighted by molar-refractivity contribution is 0.000358. The molecule has 0 heterocycles. The van der Waals surface area contributed by atoms with E-state index < -0.39 is 6.09 Å². The number of rotatable bonds is 6. The minimum atomic E-state index is -0.430. The highest BCUT2D eigenvalue weighted by molar-refractivity contribution is 6.30. The van der Waals surface area contributed by atoms with E-state index in [1.165, 1.54) is 39.2 Å². The van der Waals surface area contributed by atoms with Crippen LogP contribution in [-0.2, 0) is 9.47 Å². The molecule has 22 heavy (non-hydrogen) atoms. The predicted octanol–water partition coefficient (Wildman–Crippen LogP) is 4.33. The largest absolute Gasteiger partial charge is 0.453 e. The molecule has 1 aliphatic carbocycles. The van der Waals surface area contributed by atoms with Gasteiger partial charge in [0.25, 0.3) is 0 Å². The Bertz CT molecular complexity index is 475. The van der Waals surface area contributed by atoms with Crippen molar-refractivity contribution in [2.24, 2.45) is 5.92 Å². The van der Waals surface area contributed by atoms with Crippen LogP contribution >= 0.6 is 11.6 Å². The van der Waals surface area contributed by atoms with Gasteiger partial charge in [0, 0.05) is 11.6 Å². The Labute approximate surface area is 137 Å². The van der Waals surface area contributed by atoms with Crippen LogP contribution in [0.1, 0.15) is 43.8 Å². The number of halogens is 1. The lowest BCUT2D eigenvalue weighted by Gasteiger charge is -2.30. The van der Waals surface area contributed by atoms with E-state index in [0.29, 0.717) is 19.1 Å². The maximum absolute atomic E-state index is 11.1. The summed E-state index contributed by atoms with van der Waals surface area (Å²) in [5.41, 5.74) is 1.12. The van der Waals surface area contributed by atoms with E-state index >= 15 is 0 Å². The first-order chi connectivity index (χ1) is 10.7. The molecule has 0 radical (unpaired) electrons. The van der Waals surface area contributed by atoms with Crippen LogP contribution in [0.15, 0.2) is 24.3 Å². The SMILES string of the molecule is COC(=O)NCCO[C@@H](c1cccc(Cl)c1)C1CCCCC1. The molecule has 0 bridgehead atoms. The summed E-state index contributed by atoms with van der Waals surface area (Å²) in [4.78, 5) is 11.1. The molecule has 1 atom stereocenters. The standard InChI is InChI=1S/C17H24ClNO3/c1-21-17(20)19-10-11-22-16(13-6-3-2-4-7-13)14-8-5-9-15(18)12-14/h5,8-9,12-13,16H,2-4,6-7,10-11H2,1H3,(H,19,20)/t16-/m1/s1. The van der Waals surface area contributed by atoms with Crippen molar-refractivity contribution in [3.8, 4) is 0 Å². The lowest BCUT2D eigenvalue weighted by atomic mass is 9.82. The number of ether oxygens (including phenoxy) is 2. The summed E-state index contributed by atoms with van der Waals surface area (Å²) in [6.07, 6.45) is 5.79. The van der Waals surface area contributed by atoms with Crippen LogP contribution in [-0.4, -0.2) is 26.4 Å². The quantitative estimate of drug-likeness (QED) is 0.792. The zero-order valence-electron chi connectivity index (χ0n) is 13.0. The minimum absolute atomic E-state index is 0.0402. The molecule has 0 spiro atoms. The Morgan fingerprint density at radius 3 is 2.82 bits per heavy atom. The maximum Gasteiger partial charge on any atom is 0.406 e. The number of hydrogen-bond acceptors (Lipinski definition) is 3. The molecule has 1 aromatic carbocycles. The lowest BCUT2D eigenvalue weighted by Crippen LogP contribution is -2.28. The first-order valence-corrected chi connectivity index (χ1v) is 8.27. The first kappa shape index (κ1) is 17.1. The molecule has 0 aliphatic heterocycles. The fourth-order valence-corrected chi connectivity index (χ4v) is 3.23. The molecule has 1 amide bonds. The number of alkyl carbamates (subject to hydrolysis) is 1. The molecule has 5 heteroatoms. The second kappa shape index (κ2) is 9.01. The number of methoxy groups -OCH3 is 1. The van der Waals surface area contributed by atoms with Gasteiger partial charge in [-0.25, -0.2) is 4.79 Å². The number of hydrogen-bond donors (Lipinski definition) is 1. The second-order valence-corrected chi connectivity index (χ2v) is 6.10. The van der Waals surface area contributed by atoms with Crippen molar-refractivity contribution in [1.82, 2.24) is 5.32 Å². The smallest absolute Gasteiger partial charge is 0.406 e. The van der Waals surface area contributed by atoms with Crippen LogP contribution in [0, 0.1) is 5.92 Å². The van der Waals surface area contributed by atoms with Crippen LogP contribution < -0.4 is 5.32 Å². The van der Waals surface area contributed by atoms with Gasteiger partial charge in [0.1, 0.15) is 0 Å². The van der Waals surface area contributed by atoms with Crippen molar-refractivity contribution in [1.29, 1.82) is 0 Å². The molecule has 0 aromatic heterocycles. The summed E-state index contributed by atoms with van der Waals surface area (Å²) in [5.74, 6) is 0.519. The Kier molecular flexibility index (Phi) is 7.00. The summed E-state index contributed by atoms with van der Waals surface area (Å²) in [5, 5.41) is 3.37. The van der Waals surface area contributed by atoms with Crippen LogP contribution in [0.3, 0.4) is 0 Å². The number of nitrogens with one attached hydrogen (secondary N) is 1. The van der Waals surface area contributed by atoms with Gasteiger partial charge in [0.2, 0.25) is 0 Å². The monoisotopic (exact) mass is 325 g/mol. The summed E-state index contributed by atoms with van der Waals surface area (Å²) < 4.78 is 10.6. The minimum Gasteiger partial charge on any atom is -0.453 e. The van der Waals surface area contributed by atoms with E-state index in [4.69, 9.17) is 16.3 Å². The van der Waals surface area contributed by atoms with Crippen molar-refractivity contribution in [2.75, 3.05) is 20.3 Å². The summed E-state index contributed by atoms with van der Waals surface area (Å²) in [7, 11) is 1.35. The van der Waals surface area contributed by atoms with Gasteiger partial charge in [-0.3, -0.25) is 0 Å². The van der Waals surface area contributed by atoms with E-state index in [1.807, 2.05) is 18.2 Å². The van der Waals surface area contributed by atoms with Gasteiger partial charge in [-0.15, -0.1) is 0 Å². The molecule has 0 saturated heterocycles. The molecule has 1 N–H and O–H groups in total. The molecule has 0 unspecified atom stereocenters. The van der Waals surface area contributed by atoms with Crippen molar-refractivity contribution in [2.45, 2.75) is 38.2 Å². The van der Waals surface area contributed by atoms with Gasteiger partial charge in [-0.2, -0.15) is 0 Å². The van der Waals surface area contributed by atoms with Crippen LogP contribution in [0.2, 0.25) is 5.02 Å². The molecule has 4 nitrogen and oxygen atoms in total. The molecule has 1 aromatic rings. The predicted molar refractivity (Wildman–Crippen MR) is 87.1 cm³/mol. The van der Waals surface area contributed by atoms with Crippen LogP contribution in [0.5, 0.6) is 0 Å². The Hall–Kier alpha value is -1.26. The molecule has 1 fully saturated rings. The molecule has 2 rings (SSSR count). The van der Waals surface area contributed by atoms with Gasteiger partial charge in [0.05, 0.1) is 19.8 Å².